The number of nitrogens with two attached hydrogens (primary N) is 1. The van der Waals surface area contributed by atoms with E-state index in [1.807, 2.05) is 0 Å². The summed E-state index contributed by atoms with van der Waals surface area (Å²) in [6, 6.07) is 3.46. The van der Waals surface area contributed by atoms with Gasteiger partial charge >= 0.3 is 0 Å². The van der Waals surface area contributed by atoms with Gasteiger partial charge in [-0.15, -0.1) is 0 Å². The molecule has 0 aromatic carbocycles. The first-order valence-corrected chi connectivity index (χ1v) is 4.46. The lowest BCUT2D eigenvalue weighted by molar-refractivity contribution is -0.129. The number of primary amides is 1. The highest BCUT2D eigenvalue weighted by molar-refractivity contribution is 6.07. The van der Waals surface area contributed by atoms with Gasteiger partial charge in [-0.25, -0.2) is 0 Å². The number of hydrogen-bond donors (Lipinski definition) is 1. The number of aromatic nitrogens is 1. The van der Waals surface area contributed by atoms with E-state index >= 15 is 0 Å². The molecule has 2 rings (SSSR count). The number of hydrogen-bond acceptors (Lipinski definition) is 3. The number of ketones is 1. The highest BCUT2D eigenvalue weighted by atomic mass is 16.2. The predicted molar refractivity (Wildman–Crippen MR) is 49.5 cm³/mol. The van der Waals surface area contributed by atoms with Gasteiger partial charge in [-0.05, 0) is 18.1 Å². The van der Waals surface area contributed by atoms with E-state index in [0.29, 0.717) is 18.4 Å². The quantitative estimate of drug-likeness (QED) is 0.641. The maximum Gasteiger partial charge on any atom is 0.232 e. The summed E-state index contributed by atoms with van der Waals surface area (Å²) in [6.45, 7) is 0. The molecule has 2 N–H and O–H groups in total. The molecule has 1 unspecified atom stereocenters. The van der Waals surface area contributed by atoms with Crippen LogP contribution in [-0.4, -0.2) is 16.7 Å². The molecular weight excluding hydrogens is 180 g/mol. The van der Waals surface area contributed by atoms with Crippen molar-refractivity contribution in [2.24, 2.45) is 5.73 Å². The van der Waals surface area contributed by atoms with Crippen LogP contribution in [0.25, 0.3) is 0 Å². The average molecular weight is 190 g/mol. The zero-order chi connectivity index (χ0) is 10.1. The van der Waals surface area contributed by atoms with Gasteiger partial charge in [0.1, 0.15) is 11.7 Å². The molecule has 0 fully saturated rings. The maximum absolute atomic E-state index is 11.5. The van der Waals surface area contributed by atoms with Gasteiger partial charge in [-0.1, -0.05) is 6.07 Å². The van der Waals surface area contributed by atoms with Crippen LogP contribution in [0.3, 0.4) is 0 Å². The summed E-state index contributed by atoms with van der Waals surface area (Å²) in [7, 11) is 0. The van der Waals surface area contributed by atoms with Crippen LogP contribution in [0.15, 0.2) is 18.3 Å². The molecule has 0 saturated heterocycles. The summed E-state index contributed by atoms with van der Waals surface area (Å²) < 4.78 is 0. The van der Waals surface area contributed by atoms with Gasteiger partial charge in [0.2, 0.25) is 5.91 Å². The average Bonchev–Trinajstić information content (AvgIpc) is 2.17. The number of carbonyl (C=O) groups excluding carboxylic acids is 2. The Morgan fingerprint density at radius 1 is 1.50 bits per heavy atom. The third kappa shape index (κ3) is 1.28. The zero-order valence-electron chi connectivity index (χ0n) is 7.56. The van der Waals surface area contributed by atoms with Crippen molar-refractivity contribution in [2.75, 3.05) is 0 Å². The van der Waals surface area contributed by atoms with Gasteiger partial charge < -0.3 is 5.73 Å². The minimum absolute atomic E-state index is 0.0991. The molecule has 1 heterocycles. The summed E-state index contributed by atoms with van der Waals surface area (Å²) in [6.07, 6.45) is 2.63. The number of Topliss-reactive ketones (excluding diaryl/α,β-unsaturated/α-hetero) is 1. The van der Waals surface area contributed by atoms with Crippen molar-refractivity contribution < 1.29 is 9.59 Å². The zero-order valence-corrected chi connectivity index (χ0v) is 7.56. The lowest BCUT2D eigenvalue weighted by Gasteiger charge is -2.20. The molecule has 1 aromatic heterocycles. The molecule has 0 saturated carbocycles. The van der Waals surface area contributed by atoms with Crippen molar-refractivity contribution in [3.05, 3.63) is 29.6 Å². The van der Waals surface area contributed by atoms with Crippen molar-refractivity contribution >= 4 is 11.7 Å². The van der Waals surface area contributed by atoms with Crippen LogP contribution in [0, 0.1) is 0 Å². The van der Waals surface area contributed by atoms with Gasteiger partial charge in [0.25, 0.3) is 0 Å². The summed E-state index contributed by atoms with van der Waals surface area (Å²) in [5.41, 5.74) is 6.68. The largest absolute Gasteiger partial charge is 0.369 e. The number of fused-ring (bicyclic) bond motifs is 1. The van der Waals surface area contributed by atoms with Gasteiger partial charge in [-0.2, -0.15) is 0 Å². The molecule has 1 atom stereocenters. The number of nitrogens with zero attached hydrogens (tertiary/aromatic N) is 1. The third-order valence-corrected chi connectivity index (χ3v) is 2.45. The Bertz CT molecular complexity index is 401. The Labute approximate surface area is 81.1 Å². The topological polar surface area (TPSA) is 73.1 Å². The van der Waals surface area contributed by atoms with E-state index in [0.717, 1.165) is 5.69 Å². The SMILES string of the molecule is NC(=O)C1C(=O)CCc2ncccc21. The number of carbonyl (C=O) groups is 2. The molecule has 4 nitrogen and oxygen atoms in total. The number of amides is 1. The second kappa shape index (κ2) is 3.21. The minimum Gasteiger partial charge on any atom is -0.369 e. The second-order valence-corrected chi connectivity index (χ2v) is 3.34. The molecule has 4 heteroatoms. The van der Waals surface area contributed by atoms with Crippen LogP contribution in [0.5, 0.6) is 0 Å². The van der Waals surface area contributed by atoms with E-state index < -0.39 is 11.8 Å². The van der Waals surface area contributed by atoms with Crippen molar-refractivity contribution in [1.82, 2.24) is 4.98 Å². The summed E-state index contributed by atoms with van der Waals surface area (Å²) in [4.78, 5) is 26.7. The first-order chi connectivity index (χ1) is 6.70. The molecule has 1 aromatic rings. The van der Waals surface area contributed by atoms with E-state index in [1.54, 1.807) is 18.3 Å². The Hall–Kier alpha value is -1.71. The molecule has 1 aliphatic rings. The number of pyridine rings is 1. The fourth-order valence-electron chi connectivity index (χ4n) is 1.79. The fourth-order valence-corrected chi connectivity index (χ4v) is 1.79. The van der Waals surface area contributed by atoms with Gasteiger partial charge in [0, 0.05) is 18.3 Å². The van der Waals surface area contributed by atoms with Crippen LogP contribution in [0.2, 0.25) is 0 Å². The predicted octanol–water partition coefficient (Wildman–Crippen LogP) is 0.166. The van der Waals surface area contributed by atoms with E-state index in [2.05, 4.69) is 4.98 Å². The molecule has 0 aliphatic heterocycles. The molecule has 72 valence electrons. The van der Waals surface area contributed by atoms with E-state index in [4.69, 9.17) is 5.73 Å². The summed E-state index contributed by atoms with van der Waals surface area (Å²) >= 11 is 0. The Morgan fingerprint density at radius 2 is 2.29 bits per heavy atom. The van der Waals surface area contributed by atoms with Crippen LogP contribution >= 0.6 is 0 Å². The lowest BCUT2D eigenvalue weighted by Crippen LogP contribution is -2.32. The summed E-state index contributed by atoms with van der Waals surface area (Å²) in [5, 5.41) is 0. The molecule has 0 bridgehead atoms. The monoisotopic (exact) mass is 190 g/mol. The normalized spacial score (nSPS) is 20.3. The highest BCUT2D eigenvalue weighted by Gasteiger charge is 2.32. The highest BCUT2D eigenvalue weighted by Crippen LogP contribution is 2.26. The van der Waals surface area contributed by atoms with Crippen LogP contribution in [0.4, 0.5) is 0 Å². The third-order valence-electron chi connectivity index (χ3n) is 2.45. The molecule has 1 aliphatic carbocycles. The minimum atomic E-state index is -0.785. The van der Waals surface area contributed by atoms with Crippen molar-refractivity contribution in [2.45, 2.75) is 18.8 Å². The molecule has 14 heavy (non-hydrogen) atoms. The maximum atomic E-state index is 11.5. The van der Waals surface area contributed by atoms with Crippen molar-refractivity contribution in [1.29, 1.82) is 0 Å². The first kappa shape index (κ1) is 8.87. The fraction of sp³-hybridized carbons (Fsp3) is 0.300. The second-order valence-electron chi connectivity index (χ2n) is 3.34. The van der Waals surface area contributed by atoms with Crippen LogP contribution in [0.1, 0.15) is 23.6 Å². The van der Waals surface area contributed by atoms with E-state index in [1.165, 1.54) is 0 Å². The Kier molecular flexibility index (Phi) is 2.04. The summed E-state index contributed by atoms with van der Waals surface area (Å²) in [5.74, 6) is -1.46. The number of rotatable bonds is 1. The Balaban J connectivity index is 2.51. The molecule has 0 radical (unpaired) electrons. The van der Waals surface area contributed by atoms with Gasteiger partial charge in [-0.3, -0.25) is 14.6 Å². The number of aryl methyl sites for hydroxylation is 1. The molecule has 0 spiro atoms. The molecule has 1 amide bonds. The lowest BCUT2D eigenvalue weighted by atomic mass is 9.84. The van der Waals surface area contributed by atoms with Crippen LogP contribution < -0.4 is 5.73 Å². The van der Waals surface area contributed by atoms with Crippen molar-refractivity contribution in [3.8, 4) is 0 Å². The Morgan fingerprint density at radius 3 is 3.00 bits per heavy atom. The van der Waals surface area contributed by atoms with Gasteiger partial charge in [0.15, 0.2) is 0 Å². The first-order valence-electron chi connectivity index (χ1n) is 4.46. The van der Waals surface area contributed by atoms with E-state index in [-0.39, 0.29) is 5.78 Å². The van der Waals surface area contributed by atoms with Crippen molar-refractivity contribution in [3.63, 3.8) is 0 Å². The smallest absolute Gasteiger partial charge is 0.232 e. The van der Waals surface area contributed by atoms with E-state index in [9.17, 15) is 9.59 Å². The van der Waals surface area contributed by atoms with Gasteiger partial charge in [0.05, 0.1) is 0 Å². The molecular formula is C10H10N2O2. The van der Waals surface area contributed by atoms with Crippen LogP contribution in [-0.2, 0) is 16.0 Å². The standard InChI is InChI=1S/C10H10N2O2/c11-10(14)9-6-2-1-5-12-7(6)3-4-8(9)13/h1-2,5,9H,3-4H2,(H2,11,14).